The van der Waals surface area contributed by atoms with E-state index in [1.807, 2.05) is 20.0 Å². The molecule has 0 saturated heterocycles. The van der Waals surface area contributed by atoms with Crippen LogP contribution in [0, 0.1) is 6.92 Å². The molecule has 0 unspecified atom stereocenters. The fourth-order valence-electron chi connectivity index (χ4n) is 0.700. The molecule has 0 spiro atoms. The van der Waals surface area contributed by atoms with Crippen LogP contribution in [-0.4, -0.2) is 17.2 Å². The Labute approximate surface area is 68.0 Å². The average molecular weight is 202 g/mol. The van der Waals surface area contributed by atoms with E-state index in [9.17, 15) is 0 Å². The summed E-state index contributed by atoms with van der Waals surface area (Å²) in [5.74, 6) is 0.822. The molecule has 0 atom stereocenters. The van der Waals surface area contributed by atoms with E-state index in [2.05, 4.69) is 31.4 Å². The SMILES string of the molecule is CNc1nnc(Br)cc1C. The summed E-state index contributed by atoms with van der Waals surface area (Å²) in [6.07, 6.45) is 0. The maximum atomic E-state index is 3.89. The number of aromatic nitrogens is 2. The predicted molar refractivity (Wildman–Crippen MR) is 44.0 cm³/mol. The van der Waals surface area contributed by atoms with Gasteiger partial charge in [0.05, 0.1) is 0 Å². The Morgan fingerprint density at radius 1 is 1.50 bits per heavy atom. The Balaban J connectivity index is 3.07. The van der Waals surface area contributed by atoms with Crippen molar-refractivity contribution in [1.29, 1.82) is 0 Å². The average Bonchev–Trinajstić information content (AvgIpc) is 1.88. The van der Waals surface area contributed by atoms with Crippen LogP contribution >= 0.6 is 15.9 Å². The quantitative estimate of drug-likeness (QED) is 0.751. The number of nitrogens with zero attached hydrogens (tertiary/aromatic N) is 2. The van der Waals surface area contributed by atoms with E-state index >= 15 is 0 Å². The highest BCUT2D eigenvalue weighted by Crippen LogP contribution is 2.12. The van der Waals surface area contributed by atoms with Crippen molar-refractivity contribution in [1.82, 2.24) is 10.2 Å². The number of hydrogen-bond acceptors (Lipinski definition) is 3. The molecule has 0 saturated carbocycles. The van der Waals surface area contributed by atoms with Gasteiger partial charge in [-0.15, -0.1) is 10.2 Å². The van der Waals surface area contributed by atoms with E-state index in [0.717, 1.165) is 16.0 Å². The first-order chi connectivity index (χ1) is 4.74. The van der Waals surface area contributed by atoms with Gasteiger partial charge < -0.3 is 5.32 Å². The van der Waals surface area contributed by atoms with E-state index in [1.165, 1.54) is 0 Å². The summed E-state index contributed by atoms with van der Waals surface area (Å²) in [7, 11) is 1.82. The summed E-state index contributed by atoms with van der Waals surface area (Å²) in [4.78, 5) is 0. The van der Waals surface area contributed by atoms with Gasteiger partial charge in [-0.2, -0.15) is 0 Å². The van der Waals surface area contributed by atoms with Crippen molar-refractivity contribution < 1.29 is 0 Å². The minimum Gasteiger partial charge on any atom is -0.371 e. The number of nitrogens with one attached hydrogen (secondary N) is 1. The molecule has 4 heteroatoms. The Kier molecular flexibility index (Phi) is 2.21. The maximum absolute atomic E-state index is 3.89. The van der Waals surface area contributed by atoms with E-state index in [-0.39, 0.29) is 0 Å². The molecule has 0 aliphatic heterocycles. The van der Waals surface area contributed by atoms with Crippen LogP contribution in [0.25, 0.3) is 0 Å². The molecule has 0 fully saturated rings. The molecule has 1 heterocycles. The molecule has 1 aromatic heterocycles. The maximum Gasteiger partial charge on any atom is 0.151 e. The van der Waals surface area contributed by atoms with Gasteiger partial charge in [-0.3, -0.25) is 0 Å². The van der Waals surface area contributed by atoms with Crippen LogP contribution in [0.15, 0.2) is 10.7 Å². The minimum atomic E-state index is 0.768. The summed E-state index contributed by atoms with van der Waals surface area (Å²) in [5, 5.41) is 10.6. The van der Waals surface area contributed by atoms with Crippen LogP contribution in [0.1, 0.15) is 5.56 Å². The third-order valence-electron chi connectivity index (χ3n) is 1.19. The van der Waals surface area contributed by atoms with Crippen molar-refractivity contribution >= 4 is 21.7 Å². The number of hydrogen-bond donors (Lipinski definition) is 1. The van der Waals surface area contributed by atoms with Crippen LogP contribution < -0.4 is 5.32 Å². The normalized spacial score (nSPS) is 9.50. The molecule has 3 nitrogen and oxygen atoms in total. The van der Waals surface area contributed by atoms with Crippen molar-refractivity contribution in [2.24, 2.45) is 0 Å². The first kappa shape index (κ1) is 7.47. The van der Waals surface area contributed by atoms with E-state index < -0.39 is 0 Å². The molecular formula is C6H8BrN3. The zero-order chi connectivity index (χ0) is 7.56. The summed E-state index contributed by atoms with van der Waals surface area (Å²) >= 11 is 3.22. The second kappa shape index (κ2) is 2.96. The molecule has 54 valence electrons. The van der Waals surface area contributed by atoms with Gasteiger partial charge in [0.25, 0.3) is 0 Å². The molecule has 10 heavy (non-hydrogen) atoms. The van der Waals surface area contributed by atoms with E-state index in [4.69, 9.17) is 0 Å². The molecule has 0 aliphatic rings. The van der Waals surface area contributed by atoms with Crippen molar-refractivity contribution in [3.63, 3.8) is 0 Å². The third-order valence-corrected chi connectivity index (χ3v) is 1.58. The third kappa shape index (κ3) is 1.44. The van der Waals surface area contributed by atoms with Gasteiger partial charge in [0, 0.05) is 7.05 Å². The Bertz CT molecular complexity index is 236. The van der Waals surface area contributed by atoms with Gasteiger partial charge in [-0.25, -0.2) is 0 Å². The molecule has 1 aromatic rings. The van der Waals surface area contributed by atoms with Crippen LogP contribution in [0.4, 0.5) is 5.82 Å². The Hall–Kier alpha value is -0.640. The molecule has 0 amide bonds. The monoisotopic (exact) mass is 201 g/mol. The highest BCUT2D eigenvalue weighted by atomic mass is 79.9. The fraction of sp³-hybridized carbons (Fsp3) is 0.333. The lowest BCUT2D eigenvalue weighted by molar-refractivity contribution is 0.991. The molecule has 1 N–H and O–H groups in total. The molecule has 0 radical (unpaired) electrons. The first-order valence-electron chi connectivity index (χ1n) is 2.91. The van der Waals surface area contributed by atoms with Gasteiger partial charge >= 0.3 is 0 Å². The van der Waals surface area contributed by atoms with E-state index in [0.29, 0.717) is 0 Å². The molecule has 1 rings (SSSR count). The molecule has 0 aliphatic carbocycles. The number of halogens is 1. The van der Waals surface area contributed by atoms with Gasteiger partial charge in [0.1, 0.15) is 4.60 Å². The molecule has 0 aromatic carbocycles. The lowest BCUT2D eigenvalue weighted by Gasteiger charge is -2.00. The minimum absolute atomic E-state index is 0.768. The van der Waals surface area contributed by atoms with Crippen LogP contribution in [-0.2, 0) is 0 Å². The highest BCUT2D eigenvalue weighted by molar-refractivity contribution is 9.10. The highest BCUT2D eigenvalue weighted by Gasteiger charge is 1.97. The van der Waals surface area contributed by atoms with Gasteiger partial charge in [-0.05, 0) is 34.5 Å². The molecule has 0 bridgehead atoms. The summed E-state index contributed by atoms with van der Waals surface area (Å²) in [6.45, 7) is 1.98. The number of aryl methyl sites for hydroxylation is 1. The summed E-state index contributed by atoms with van der Waals surface area (Å²) < 4.78 is 0.768. The Morgan fingerprint density at radius 3 is 2.70 bits per heavy atom. The van der Waals surface area contributed by atoms with E-state index in [1.54, 1.807) is 0 Å². The van der Waals surface area contributed by atoms with Crippen LogP contribution in [0.3, 0.4) is 0 Å². The lowest BCUT2D eigenvalue weighted by Crippen LogP contribution is -1.97. The van der Waals surface area contributed by atoms with Crippen molar-refractivity contribution in [2.75, 3.05) is 12.4 Å². The van der Waals surface area contributed by atoms with Gasteiger partial charge in [0.15, 0.2) is 5.82 Å². The second-order valence-corrected chi connectivity index (χ2v) is 2.76. The molecular weight excluding hydrogens is 194 g/mol. The largest absolute Gasteiger partial charge is 0.371 e. The van der Waals surface area contributed by atoms with Crippen molar-refractivity contribution in [3.8, 4) is 0 Å². The zero-order valence-corrected chi connectivity index (χ0v) is 7.44. The zero-order valence-electron chi connectivity index (χ0n) is 5.85. The first-order valence-corrected chi connectivity index (χ1v) is 3.71. The predicted octanol–water partition coefficient (Wildman–Crippen LogP) is 1.59. The second-order valence-electron chi connectivity index (χ2n) is 1.95. The van der Waals surface area contributed by atoms with Crippen molar-refractivity contribution in [3.05, 3.63) is 16.2 Å². The number of rotatable bonds is 1. The van der Waals surface area contributed by atoms with Crippen LogP contribution in [0.5, 0.6) is 0 Å². The standard InChI is InChI=1S/C6H8BrN3/c1-4-3-5(7)9-10-6(4)8-2/h3H,1-2H3,(H,8,10). The fourth-order valence-corrected chi connectivity index (χ4v) is 1.12. The van der Waals surface area contributed by atoms with Crippen molar-refractivity contribution in [2.45, 2.75) is 6.92 Å². The van der Waals surface area contributed by atoms with Gasteiger partial charge in [-0.1, -0.05) is 0 Å². The van der Waals surface area contributed by atoms with Crippen LogP contribution in [0.2, 0.25) is 0 Å². The lowest BCUT2D eigenvalue weighted by atomic mass is 10.3. The topological polar surface area (TPSA) is 37.8 Å². The smallest absolute Gasteiger partial charge is 0.151 e. The Morgan fingerprint density at radius 2 is 2.20 bits per heavy atom. The number of anilines is 1. The summed E-state index contributed by atoms with van der Waals surface area (Å²) in [5.41, 5.74) is 1.09. The van der Waals surface area contributed by atoms with Gasteiger partial charge in [0.2, 0.25) is 0 Å². The summed E-state index contributed by atoms with van der Waals surface area (Å²) in [6, 6.07) is 1.92.